The molecule has 5 rings (SSSR count). The van der Waals surface area contributed by atoms with Crippen molar-refractivity contribution in [1.82, 2.24) is 30.3 Å². The molecule has 156 valence electrons. The van der Waals surface area contributed by atoms with E-state index in [1.807, 2.05) is 24.5 Å². The second-order valence-electron chi connectivity index (χ2n) is 8.60. The molecule has 2 saturated heterocycles. The van der Waals surface area contributed by atoms with Crippen LogP contribution in [-0.4, -0.2) is 70.2 Å². The zero-order valence-electron chi connectivity index (χ0n) is 17.4. The molecule has 0 aliphatic carbocycles. The van der Waals surface area contributed by atoms with E-state index in [2.05, 4.69) is 49.5 Å². The molecule has 0 saturated carbocycles. The maximum absolute atomic E-state index is 12.9. The van der Waals surface area contributed by atoms with Gasteiger partial charge in [-0.1, -0.05) is 6.07 Å². The number of benzene rings is 1. The van der Waals surface area contributed by atoms with Crippen molar-refractivity contribution in [2.24, 2.45) is 0 Å². The summed E-state index contributed by atoms with van der Waals surface area (Å²) in [5, 5.41) is 11.3. The first-order valence-electron chi connectivity index (χ1n) is 10.8. The first-order valence-corrected chi connectivity index (χ1v) is 10.8. The molecule has 1 amide bonds. The van der Waals surface area contributed by atoms with Crippen molar-refractivity contribution in [3.05, 3.63) is 47.9 Å². The van der Waals surface area contributed by atoms with Crippen LogP contribution in [0.2, 0.25) is 0 Å². The molecular weight excluding hydrogens is 376 g/mol. The number of nitrogens with zero attached hydrogens (tertiary/aromatic N) is 4. The van der Waals surface area contributed by atoms with Crippen molar-refractivity contribution < 1.29 is 4.79 Å². The Labute approximate surface area is 176 Å². The number of hydrogen-bond donors (Lipinski definition) is 2. The number of rotatable bonds is 5. The molecule has 30 heavy (non-hydrogen) atoms. The van der Waals surface area contributed by atoms with Gasteiger partial charge in [0.1, 0.15) is 0 Å². The fraction of sp³-hybridized carbons (Fsp3) is 0.435. The summed E-state index contributed by atoms with van der Waals surface area (Å²) < 4.78 is 0. The van der Waals surface area contributed by atoms with Crippen LogP contribution in [0.3, 0.4) is 0 Å². The first-order chi connectivity index (χ1) is 14.7. The van der Waals surface area contributed by atoms with E-state index in [9.17, 15) is 4.79 Å². The van der Waals surface area contributed by atoms with Gasteiger partial charge >= 0.3 is 0 Å². The standard InChI is InChI=1S/C23H28N6O/c1-28-9-5-19(6-10-28)25-23(30)22-20-12-17(3-4-21(20)26-27-22)18-11-16(13-24-14-18)15-29-7-2-8-29/h3-4,11-14,19H,2,5-10,15H2,1H3,(H,25,30)(H,26,27). The van der Waals surface area contributed by atoms with Gasteiger partial charge in [0.25, 0.3) is 5.91 Å². The summed E-state index contributed by atoms with van der Waals surface area (Å²) in [6, 6.07) is 8.51. The van der Waals surface area contributed by atoms with E-state index >= 15 is 0 Å². The molecule has 0 spiro atoms. The highest BCUT2D eigenvalue weighted by Crippen LogP contribution is 2.26. The minimum atomic E-state index is -0.0994. The summed E-state index contributed by atoms with van der Waals surface area (Å²) in [4.78, 5) is 22.1. The van der Waals surface area contributed by atoms with E-state index in [4.69, 9.17) is 0 Å². The second-order valence-corrected chi connectivity index (χ2v) is 8.60. The molecule has 0 atom stereocenters. The van der Waals surface area contributed by atoms with Crippen LogP contribution in [0.15, 0.2) is 36.7 Å². The fourth-order valence-corrected chi connectivity index (χ4v) is 4.30. The highest BCUT2D eigenvalue weighted by atomic mass is 16.2. The smallest absolute Gasteiger partial charge is 0.272 e. The molecule has 7 nitrogen and oxygen atoms in total. The monoisotopic (exact) mass is 404 g/mol. The minimum Gasteiger partial charge on any atom is -0.348 e. The van der Waals surface area contributed by atoms with Crippen LogP contribution in [0.4, 0.5) is 0 Å². The minimum absolute atomic E-state index is 0.0994. The van der Waals surface area contributed by atoms with E-state index in [0.29, 0.717) is 5.69 Å². The predicted octanol–water partition coefficient (Wildman–Crippen LogP) is 2.65. The first kappa shape index (κ1) is 19.2. The molecule has 4 heterocycles. The number of carbonyl (C=O) groups excluding carboxylic acids is 1. The van der Waals surface area contributed by atoms with Crippen LogP contribution in [0.1, 0.15) is 35.3 Å². The van der Waals surface area contributed by atoms with Crippen LogP contribution in [0.5, 0.6) is 0 Å². The Hall–Kier alpha value is -2.77. The van der Waals surface area contributed by atoms with Gasteiger partial charge in [-0.05, 0) is 81.8 Å². The number of pyridine rings is 1. The quantitative estimate of drug-likeness (QED) is 0.684. The lowest BCUT2D eigenvalue weighted by Gasteiger charge is -2.30. The van der Waals surface area contributed by atoms with E-state index < -0.39 is 0 Å². The van der Waals surface area contributed by atoms with E-state index in [1.165, 1.54) is 25.1 Å². The van der Waals surface area contributed by atoms with Crippen molar-refractivity contribution in [2.45, 2.75) is 31.8 Å². The Morgan fingerprint density at radius 3 is 2.73 bits per heavy atom. The number of likely N-dealkylation sites (tertiary alicyclic amines) is 2. The van der Waals surface area contributed by atoms with Gasteiger partial charge in [-0.25, -0.2) is 0 Å². The maximum atomic E-state index is 12.9. The van der Waals surface area contributed by atoms with Gasteiger partial charge in [0.05, 0.1) is 5.52 Å². The maximum Gasteiger partial charge on any atom is 0.272 e. The highest BCUT2D eigenvalue weighted by molar-refractivity contribution is 6.05. The van der Waals surface area contributed by atoms with Gasteiger partial charge < -0.3 is 10.2 Å². The molecule has 2 aromatic heterocycles. The number of piperidine rings is 1. The van der Waals surface area contributed by atoms with Crippen molar-refractivity contribution in [2.75, 3.05) is 33.2 Å². The third-order valence-corrected chi connectivity index (χ3v) is 6.31. The van der Waals surface area contributed by atoms with Crippen molar-refractivity contribution in [3.63, 3.8) is 0 Å². The summed E-state index contributed by atoms with van der Waals surface area (Å²) in [7, 11) is 2.12. The Bertz CT molecular complexity index is 1050. The van der Waals surface area contributed by atoms with Gasteiger partial charge in [-0.3, -0.25) is 19.8 Å². The summed E-state index contributed by atoms with van der Waals surface area (Å²) in [6.45, 7) is 5.30. The topological polar surface area (TPSA) is 77.1 Å². The van der Waals surface area contributed by atoms with Gasteiger partial charge in [-0.15, -0.1) is 0 Å². The molecule has 0 unspecified atom stereocenters. The van der Waals surface area contributed by atoms with Gasteiger partial charge in [0.2, 0.25) is 0 Å². The molecule has 7 heteroatoms. The fourth-order valence-electron chi connectivity index (χ4n) is 4.30. The second kappa shape index (κ2) is 8.16. The SMILES string of the molecule is CN1CCC(NC(=O)c2n[nH]c3ccc(-c4cncc(CN5CCC5)c4)cc23)CC1. The molecule has 2 aliphatic heterocycles. The number of nitrogens with one attached hydrogen (secondary N) is 2. The summed E-state index contributed by atoms with van der Waals surface area (Å²) >= 11 is 0. The average Bonchev–Trinajstić information content (AvgIpc) is 3.16. The molecular formula is C23H28N6O. The number of carbonyl (C=O) groups is 1. The van der Waals surface area contributed by atoms with Gasteiger partial charge in [0.15, 0.2) is 5.69 Å². The lowest BCUT2D eigenvalue weighted by Crippen LogP contribution is -2.43. The average molecular weight is 405 g/mol. The number of aromatic amines is 1. The molecule has 1 aromatic carbocycles. The highest BCUT2D eigenvalue weighted by Gasteiger charge is 2.22. The summed E-state index contributed by atoms with van der Waals surface area (Å²) in [5.41, 5.74) is 4.68. The van der Waals surface area contributed by atoms with Crippen molar-refractivity contribution in [1.29, 1.82) is 0 Å². The third-order valence-electron chi connectivity index (χ3n) is 6.31. The molecule has 2 N–H and O–H groups in total. The number of fused-ring (bicyclic) bond motifs is 1. The Kier molecular flexibility index (Phi) is 5.23. The number of aromatic nitrogens is 3. The zero-order valence-corrected chi connectivity index (χ0v) is 17.4. The van der Waals surface area contributed by atoms with Crippen molar-refractivity contribution >= 4 is 16.8 Å². The lowest BCUT2D eigenvalue weighted by molar-refractivity contribution is 0.0913. The van der Waals surface area contributed by atoms with E-state index in [-0.39, 0.29) is 11.9 Å². The third kappa shape index (κ3) is 3.95. The van der Waals surface area contributed by atoms with Crippen LogP contribution in [0, 0.1) is 0 Å². The van der Waals surface area contributed by atoms with Crippen LogP contribution >= 0.6 is 0 Å². The normalized spacial score (nSPS) is 18.4. The molecule has 0 bridgehead atoms. The van der Waals surface area contributed by atoms with Gasteiger partial charge in [-0.2, -0.15) is 5.10 Å². The molecule has 3 aromatic rings. The predicted molar refractivity (Wildman–Crippen MR) is 117 cm³/mol. The van der Waals surface area contributed by atoms with Gasteiger partial charge in [0, 0.05) is 35.9 Å². The summed E-state index contributed by atoms with van der Waals surface area (Å²) in [5.74, 6) is -0.0994. The lowest BCUT2D eigenvalue weighted by atomic mass is 10.0. The number of H-pyrrole nitrogens is 1. The van der Waals surface area contributed by atoms with Crippen LogP contribution in [-0.2, 0) is 6.54 Å². The summed E-state index contributed by atoms with van der Waals surface area (Å²) in [6.07, 6.45) is 7.07. The largest absolute Gasteiger partial charge is 0.348 e. The number of hydrogen-bond acceptors (Lipinski definition) is 5. The van der Waals surface area contributed by atoms with E-state index in [0.717, 1.165) is 54.5 Å². The van der Waals surface area contributed by atoms with Crippen molar-refractivity contribution in [3.8, 4) is 11.1 Å². The Balaban J connectivity index is 1.38. The van der Waals surface area contributed by atoms with Crippen LogP contribution in [0.25, 0.3) is 22.0 Å². The zero-order chi connectivity index (χ0) is 20.5. The van der Waals surface area contributed by atoms with E-state index in [1.54, 1.807) is 0 Å². The Morgan fingerprint density at radius 1 is 1.13 bits per heavy atom. The molecule has 0 radical (unpaired) electrons. The molecule has 2 fully saturated rings. The van der Waals surface area contributed by atoms with Crippen LogP contribution < -0.4 is 5.32 Å². The Morgan fingerprint density at radius 2 is 1.97 bits per heavy atom. The molecule has 2 aliphatic rings. The number of amides is 1.